The molecule has 54 valence electrons. The van der Waals surface area contributed by atoms with Gasteiger partial charge in [0.2, 0.25) is 0 Å². The van der Waals surface area contributed by atoms with E-state index in [0.717, 1.165) is 0 Å². The Bertz CT molecular complexity index is 94.2. The van der Waals surface area contributed by atoms with Crippen molar-refractivity contribution >= 4 is 21.9 Å². The Hall–Kier alpha value is -0.0900. The van der Waals surface area contributed by atoms with Gasteiger partial charge in [0, 0.05) is 13.7 Å². The van der Waals surface area contributed by atoms with Crippen LogP contribution in [-0.2, 0) is 9.53 Å². The van der Waals surface area contributed by atoms with E-state index in [2.05, 4.69) is 20.7 Å². The molecule has 0 saturated carbocycles. The number of aliphatic carboxylic acids is 1. The van der Waals surface area contributed by atoms with E-state index < -0.39 is 10.8 Å². The third-order valence-corrected chi connectivity index (χ3v) is 1.69. The number of alkyl halides is 1. The van der Waals surface area contributed by atoms with Gasteiger partial charge in [-0.05, 0) is 6.42 Å². The minimum Gasteiger partial charge on any atom is -0.480 e. The third kappa shape index (κ3) is 4.42. The maximum Gasteiger partial charge on any atom is 0.317 e. The predicted molar refractivity (Wildman–Crippen MR) is 36.8 cm³/mol. The minimum absolute atomic E-state index is 0.474. The molecule has 4 heteroatoms. The number of methoxy groups -OCH3 is 1. The van der Waals surface area contributed by atoms with Gasteiger partial charge >= 0.3 is 5.97 Å². The van der Waals surface area contributed by atoms with Crippen molar-refractivity contribution in [2.75, 3.05) is 13.7 Å². The summed E-state index contributed by atoms with van der Waals surface area (Å²) in [7, 11) is 1.54. The van der Waals surface area contributed by atoms with Crippen LogP contribution in [0.4, 0.5) is 0 Å². The van der Waals surface area contributed by atoms with Crippen LogP contribution in [0.5, 0.6) is 0 Å². The standard InChI is InChI=1S/C5H9BrO3/c1-9-3-2-4(6)5(7)8/h4H,2-3H2,1H3,(H,7,8). The fraction of sp³-hybridized carbons (Fsp3) is 0.800. The van der Waals surface area contributed by atoms with E-state index in [1.165, 1.54) is 0 Å². The van der Waals surface area contributed by atoms with Crippen molar-refractivity contribution < 1.29 is 14.6 Å². The van der Waals surface area contributed by atoms with Crippen molar-refractivity contribution in [2.45, 2.75) is 11.2 Å². The van der Waals surface area contributed by atoms with Gasteiger partial charge in [0.25, 0.3) is 0 Å². The monoisotopic (exact) mass is 196 g/mol. The van der Waals surface area contributed by atoms with Crippen molar-refractivity contribution in [3.63, 3.8) is 0 Å². The first kappa shape index (κ1) is 8.91. The van der Waals surface area contributed by atoms with E-state index in [9.17, 15) is 4.79 Å². The molecule has 0 fully saturated rings. The van der Waals surface area contributed by atoms with Crippen molar-refractivity contribution in [1.29, 1.82) is 0 Å². The number of rotatable bonds is 4. The Balaban J connectivity index is 3.27. The van der Waals surface area contributed by atoms with Gasteiger partial charge in [0.15, 0.2) is 0 Å². The Morgan fingerprint density at radius 3 is 2.78 bits per heavy atom. The average Bonchev–Trinajstić information content (AvgIpc) is 1.82. The number of halogens is 1. The number of ether oxygens (including phenoxy) is 1. The fourth-order valence-electron chi connectivity index (χ4n) is 0.345. The molecule has 0 aromatic heterocycles. The van der Waals surface area contributed by atoms with Crippen molar-refractivity contribution in [3.8, 4) is 0 Å². The molecule has 3 nitrogen and oxygen atoms in total. The first-order valence-corrected chi connectivity index (χ1v) is 3.46. The number of hydrogen-bond donors (Lipinski definition) is 1. The maximum atomic E-state index is 10.1. The zero-order chi connectivity index (χ0) is 7.28. The number of carboxylic acids is 1. The molecule has 0 aromatic carbocycles. The van der Waals surface area contributed by atoms with Crippen molar-refractivity contribution in [1.82, 2.24) is 0 Å². The first-order valence-electron chi connectivity index (χ1n) is 2.54. The molecule has 0 amide bonds. The van der Waals surface area contributed by atoms with E-state index in [4.69, 9.17) is 5.11 Å². The van der Waals surface area contributed by atoms with Gasteiger partial charge in [-0.25, -0.2) is 0 Å². The highest BCUT2D eigenvalue weighted by atomic mass is 79.9. The van der Waals surface area contributed by atoms with E-state index in [1.807, 2.05) is 0 Å². The van der Waals surface area contributed by atoms with Crippen LogP contribution in [0.15, 0.2) is 0 Å². The Labute approximate surface area is 62.1 Å². The highest BCUT2D eigenvalue weighted by molar-refractivity contribution is 9.10. The number of carboxylic acid groups (broad SMARTS) is 1. The lowest BCUT2D eigenvalue weighted by Crippen LogP contribution is -2.14. The zero-order valence-electron chi connectivity index (χ0n) is 5.13. The lowest BCUT2D eigenvalue weighted by Gasteiger charge is -2.00. The SMILES string of the molecule is COCCC(Br)C(=O)O. The largest absolute Gasteiger partial charge is 0.480 e. The lowest BCUT2D eigenvalue weighted by atomic mass is 10.3. The second-order valence-electron chi connectivity index (χ2n) is 1.59. The van der Waals surface area contributed by atoms with Crippen molar-refractivity contribution in [3.05, 3.63) is 0 Å². The molecule has 0 aliphatic heterocycles. The quantitative estimate of drug-likeness (QED) is 0.680. The maximum absolute atomic E-state index is 10.1. The van der Waals surface area contributed by atoms with Crippen LogP contribution in [0.2, 0.25) is 0 Å². The van der Waals surface area contributed by atoms with Crippen LogP contribution in [0, 0.1) is 0 Å². The summed E-state index contributed by atoms with van der Waals surface area (Å²) in [4.78, 5) is 9.63. The topological polar surface area (TPSA) is 46.5 Å². The molecule has 1 atom stereocenters. The molecule has 0 spiro atoms. The third-order valence-electron chi connectivity index (χ3n) is 0.843. The summed E-state index contributed by atoms with van der Waals surface area (Å²) in [6.07, 6.45) is 0.506. The molecule has 0 saturated heterocycles. The number of carbonyl (C=O) groups is 1. The summed E-state index contributed by atoms with van der Waals surface area (Å²) < 4.78 is 4.67. The molecule has 0 heterocycles. The summed E-state index contributed by atoms with van der Waals surface area (Å²) >= 11 is 2.96. The second kappa shape index (κ2) is 4.76. The fourth-order valence-corrected chi connectivity index (χ4v) is 0.532. The molecular weight excluding hydrogens is 188 g/mol. The van der Waals surface area contributed by atoms with E-state index in [-0.39, 0.29) is 0 Å². The van der Waals surface area contributed by atoms with Crippen LogP contribution in [0.25, 0.3) is 0 Å². The average molecular weight is 197 g/mol. The molecule has 0 rings (SSSR count). The molecule has 0 aliphatic rings. The highest BCUT2D eigenvalue weighted by Crippen LogP contribution is 2.03. The molecule has 0 bridgehead atoms. The summed E-state index contributed by atoms with van der Waals surface area (Å²) in [5.41, 5.74) is 0. The summed E-state index contributed by atoms with van der Waals surface area (Å²) in [6, 6.07) is 0. The Morgan fingerprint density at radius 1 is 1.89 bits per heavy atom. The van der Waals surface area contributed by atoms with Crippen molar-refractivity contribution in [2.24, 2.45) is 0 Å². The van der Waals surface area contributed by atoms with Crippen LogP contribution in [0.3, 0.4) is 0 Å². The molecule has 1 N–H and O–H groups in total. The zero-order valence-corrected chi connectivity index (χ0v) is 6.72. The van der Waals surface area contributed by atoms with Crippen LogP contribution in [-0.4, -0.2) is 29.6 Å². The van der Waals surface area contributed by atoms with Gasteiger partial charge in [-0.1, -0.05) is 15.9 Å². The normalized spacial score (nSPS) is 13.1. The molecule has 0 radical (unpaired) electrons. The van der Waals surface area contributed by atoms with Crippen LogP contribution < -0.4 is 0 Å². The van der Waals surface area contributed by atoms with Crippen LogP contribution in [0.1, 0.15) is 6.42 Å². The van der Waals surface area contributed by atoms with E-state index >= 15 is 0 Å². The Kier molecular flexibility index (Phi) is 4.71. The molecular formula is C5H9BrO3. The first-order chi connectivity index (χ1) is 4.18. The van der Waals surface area contributed by atoms with Gasteiger partial charge in [0.1, 0.15) is 4.83 Å². The lowest BCUT2D eigenvalue weighted by molar-refractivity contribution is -0.136. The summed E-state index contributed by atoms with van der Waals surface area (Å²) in [6.45, 7) is 0.474. The second-order valence-corrected chi connectivity index (χ2v) is 2.69. The van der Waals surface area contributed by atoms with Crippen LogP contribution >= 0.6 is 15.9 Å². The summed E-state index contributed by atoms with van der Waals surface area (Å²) in [5, 5.41) is 8.31. The van der Waals surface area contributed by atoms with Gasteiger partial charge in [-0.2, -0.15) is 0 Å². The minimum atomic E-state index is -0.841. The van der Waals surface area contributed by atoms with Gasteiger partial charge in [0.05, 0.1) is 0 Å². The highest BCUT2D eigenvalue weighted by Gasteiger charge is 2.10. The van der Waals surface area contributed by atoms with E-state index in [1.54, 1.807) is 7.11 Å². The van der Waals surface area contributed by atoms with E-state index in [0.29, 0.717) is 13.0 Å². The Morgan fingerprint density at radius 2 is 2.44 bits per heavy atom. The smallest absolute Gasteiger partial charge is 0.317 e. The van der Waals surface area contributed by atoms with Gasteiger partial charge < -0.3 is 9.84 Å². The molecule has 0 aliphatic carbocycles. The van der Waals surface area contributed by atoms with Gasteiger partial charge in [-0.15, -0.1) is 0 Å². The molecule has 9 heavy (non-hydrogen) atoms. The summed E-state index contributed by atoms with van der Waals surface area (Å²) in [5.74, 6) is -0.841. The predicted octanol–water partition coefficient (Wildman–Crippen LogP) is 0.871. The number of hydrogen-bond acceptors (Lipinski definition) is 2. The molecule has 1 unspecified atom stereocenters. The van der Waals surface area contributed by atoms with Gasteiger partial charge in [-0.3, -0.25) is 4.79 Å². The molecule has 0 aromatic rings.